The number of ether oxygens (including phenoxy) is 1. The molecule has 0 aliphatic heterocycles. The molecule has 0 aliphatic rings. The van der Waals surface area contributed by atoms with Crippen molar-refractivity contribution in [3.05, 3.63) is 77.4 Å². The van der Waals surface area contributed by atoms with Crippen LogP contribution in [0.25, 0.3) is 17.5 Å². The molecule has 0 bridgehead atoms. The number of hydrogen-bond donors (Lipinski definition) is 1. The fourth-order valence-electron chi connectivity index (χ4n) is 2.32. The van der Waals surface area contributed by atoms with E-state index in [1.807, 2.05) is 30.3 Å². The molecule has 0 atom stereocenters. The van der Waals surface area contributed by atoms with Crippen molar-refractivity contribution < 1.29 is 23.4 Å². The molecule has 0 fully saturated rings. The van der Waals surface area contributed by atoms with E-state index in [9.17, 15) is 9.18 Å². The minimum atomic E-state index is -1.10. The third-order valence-corrected chi connectivity index (χ3v) is 3.65. The summed E-state index contributed by atoms with van der Waals surface area (Å²) in [5.41, 5.74) is 1.86. The van der Waals surface area contributed by atoms with Crippen LogP contribution in [0.15, 0.2) is 59.0 Å². The Morgan fingerprint density at radius 1 is 1.27 bits per heavy atom. The molecule has 0 spiro atoms. The highest BCUT2D eigenvalue weighted by Gasteiger charge is 2.13. The molecule has 6 heteroatoms. The van der Waals surface area contributed by atoms with E-state index in [0.29, 0.717) is 22.9 Å². The highest BCUT2D eigenvalue weighted by atomic mass is 19.1. The molecule has 26 heavy (non-hydrogen) atoms. The largest absolute Gasteiger partial charge is 0.484 e. The molecule has 3 rings (SSSR count). The van der Waals surface area contributed by atoms with Gasteiger partial charge in [-0.2, -0.15) is 0 Å². The second kappa shape index (κ2) is 7.65. The van der Waals surface area contributed by atoms with E-state index in [0.717, 1.165) is 11.6 Å². The lowest BCUT2D eigenvalue weighted by atomic mass is 10.2. The Labute approximate surface area is 149 Å². The number of hydrogen-bond acceptors (Lipinski definition) is 4. The minimum absolute atomic E-state index is 0.0566. The number of aryl methyl sites for hydroxylation is 1. The standard InChI is InChI=1S/C20H16FNO4/c1-13-17(22-20(26-13)15-5-3-2-4-6-15)12-25-18-9-7-14(11-16(18)21)8-10-19(23)24/h2-11H,12H2,1H3,(H,23,24). The normalized spacial score (nSPS) is 11.0. The Bertz CT molecular complexity index is 948. The Balaban J connectivity index is 1.71. The first-order valence-corrected chi connectivity index (χ1v) is 7.88. The first-order valence-electron chi connectivity index (χ1n) is 7.88. The monoisotopic (exact) mass is 353 g/mol. The molecule has 5 nitrogen and oxygen atoms in total. The fraction of sp³-hybridized carbons (Fsp3) is 0.100. The van der Waals surface area contributed by atoms with Gasteiger partial charge in [-0.05, 0) is 42.8 Å². The molecule has 1 aromatic heterocycles. The summed E-state index contributed by atoms with van der Waals surface area (Å²) in [7, 11) is 0. The summed E-state index contributed by atoms with van der Waals surface area (Å²) >= 11 is 0. The van der Waals surface area contributed by atoms with Gasteiger partial charge in [0.1, 0.15) is 18.1 Å². The molecule has 2 aromatic carbocycles. The molecule has 1 N–H and O–H groups in total. The van der Waals surface area contributed by atoms with E-state index < -0.39 is 11.8 Å². The molecular weight excluding hydrogens is 337 g/mol. The van der Waals surface area contributed by atoms with Gasteiger partial charge in [0.15, 0.2) is 11.6 Å². The zero-order chi connectivity index (χ0) is 18.5. The second-order valence-electron chi connectivity index (χ2n) is 5.54. The number of carboxylic acid groups (broad SMARTS) is 1. The van der Waals surface area contributed by atoms with Gasteiger partial charge in [0, 0.05) is 11.6 Å². The fourth-order valence-corrected chi connectivity index (χ4v) is 2.32. The Morgan fingerprint density at radius 2 is 2.04 bits per heavy atom. The summed E-state index contributed by atoms with van der Waals surface area (Å²) < 4.78 is 25.2. The van der Waals surface area contributed by atoms with Crippen LogP contribution in [0.2, 0.25) is 0 Å². The average Bonchev–Trinajstić information content (AvgIpc) is 3.01. The van der Waals surface area contributed by atoms with Crippen LogP contribution >= 0.6 is 0 Å². The van der Waals surface area contributed by atoms with Crippen LogP contribution in [0.4, 0.5) is 4.39 Å². The highest BCUT2D eigenvalue weighted by molar-refractivity contribution is 5.85. The number of carbonyl (C=O) groups is 1. The zero-order valence-electron chi connectivity index (χ0n) is 14.0. The van der Waals surface area contributed by atoms with Crippen molar-refractivity contribution in [3.63, 3.8) is 0 Å². The van der Waals surface area contributed by atoms with Crippen LogP contribution in [0.5, 0.6) is 5.75 Å². The molecular formula is C20H16FNO4. The first kappa shape index (κ1) is 17.4. The third kappa shape index (κ3) is 4.16. The Hall–Kier alpha value is -3.41. The molecule has 0 aliphatic carbocycles. The van der Waals surface area contributed by atoms with Gasteiger partial charge < -0.3 is 14.3 Å². The van der Waals surface area contributed by atoms with Crippen LogP contribution in [-0.2, 0) is 11.4 Å². The van der Waals surface area contributed by atoms with E-state index in [1.54, 1.807) is 13.0 Å². The topological polar surface area (TPSA) is 72.6 Å². The van der Waals surface area contributed by atoms with E-state index in [1.165, 1.54) is 18.2 Å². The number of carboxylic acids is 1. The summed E-state index contributed by atoms with van der Waals surface area (Å²) in [5, 5.41) is 8.60. The molecule has 0 radical (unpaired) electrons. The maximum absolute atomic E-state index is 14.1. The third-order valence-electron chi connectivity index (χ3n) is 3.65. The Kier molecular flexibility index (Phi) is 5.12. The molecule has 3 aromatic rings. The van der Waals surface area contributed by atoms with Crippen LogP contribution in [0.3, 0.4) is 0 Å². The molecule has 0 amide bonds. The predicted molar refractivity (Wildman–Crippen MR) is 94.1 cm³/mol. The SMILES string of the molecule is Cc1oc(-c2ccccc2)nc1COc1ccc(C=CC(=O)O)cc1F. The Morgan fingerprint density at radius 3 is 2.73 bits per heavy atom. The lowest BCUT2D eigenvalue weighted by molar-refractivity contribution is -0.131. The molecule has 0 unspecified atom stereocenters. The van der Waals surface area contributed by atoms with E-state index in [4.69, 9.17) is 14.3 Å². The lowest BCUT2D eigenvalue weighted by Gasteiger charge is -2.06. The van der Waals surface area contributed by atoms with Gasteiger partial charge in [0.05, 0.1) is 0 Å². The number of oxazole rings is 1. The van der Waals surface area contributed by atoms with Gasteiger partial charge in [0.25, 0.3) is 0 Å². The van der Waals surface area contributed by atoms with Gasteiger partial charge in [-0.15, -0.1) is 0 Å². The van der Waals surface area contributed by atoms with Crippen molar-refractivity contribution in [3.8, 4) is 17.2 Å². The van der Waals surface area contributed by atoms with Crippen molar-refractivity contribution in [2.24, 2.45) is 0 Å². The van der Waals surface area contributed by atoms with Crippen molar-refractivity contribution in [2.75, 3.05) is 0 Å². The molecule has 0 saturated carbocycles. The average molecular weight is 353 g/mol. The zero-order valence-corrected chi connectivity index (χ0v) is 14.0. The number of aliphatic carboxylic acids is 1. The van der Waals surface area contributed by atoms with Gasteiger partial charge in [-0.3, -0.25) is 0 Å². The van der Waals surface area contributed by atoms with Gasteiger partial charge in [-0.25, -0.2) is 14.2 Å². The number of benzene rings is 2. The quantitative estimate of drug-likeness (QED) is 0.662. The molecule has 0 saturated heterocycles. The highest BCUT2D eigenvalue weighted by Crippen LogP contribution is 2.24. The van der Waals surface area contributed by atoms with Crippen molar-refractivity contribution in [2.45, 2.75) is 13.5 Å². The number of halogens is 1. The predicted octanol–water partition coefficient (Wildman–Crippen LogP) is 4.47. The van der Waals surface area contributed by atoms with Crippen molar-refractivity contribution in [1.29, 1.82) is 0 Å². The van der Waals surface area contributed by atoms with E-state index in [-0.39, 0.29) is 12.4 Å². The maximum Gasteiger partial charge on any atom is 0.328 e. The van der Waals surface area contributed by atoms with Crippen LogP contribution < -0.4 is 4.74 Å². The number of aromatic nitrogens is 1. The van der Waals surface area contributed by atoms with Crippen LogP contribution in [-0.4, -0.2) is 16.1 Å². The summed E-state index contributed by atoms with van der Waals surface area (Å²) in [4.78, 5) is 14.9. The minimum Gasteiger partial charge on any atom is -0.484 e. The van der Waals surface area contributed by atoms with Crippen molar-refractivity contribution in [1.82, 2.24) is 4.98 Å². The van der Waals surface area contributed by atoms with Gasteiger partial charge >= 0.3 is 5.97 Å². The number of rotatable bonds is 6. The summed E-state index contributed by atoms with van der Waals surface area (Å²) in [5.74, 6) is -0.536. The van der Waals surface area contributed by atoms with Crippen LogP contribution in [0, 0.1) is 12.7 Å². The molecule has 1 heterocycles. The summed E-state index contributed by atoms with van der Waals surface area (Å²) in [6, 6.07) is 13.7. The van der Waals surface area contributed by atoms with E-state index in [2.05, 4.69) is 4.98 Å². The first-order chi connectivity index (χ1) is 12.5. The summed E-state index contributed by atoms with van der Waals surface area (Å²) in [6.07, 6.45) is 2.25. The maximum atomic E-state index is 14.1. The second-order valence-corrected chi connectivity index (χ2v) is 5.54. The summed E-state index contributed by atoms with van der Waals surface area (Å²) in [6.45, 7) is 1.83. The smallest absolute Gasteiger partial charge is 0.328 e. The van der Waals surface area contributed by atoms with Crippen LogP contribution in [0.1, 0.15) is 17.0 Å². The van der Waals surface area contributed by atoms with Gasteiger partial charge in [0.2, 0.25) is 5.89 Å². The van der Waals surface area contributed by atoms with E-state index >= 15 is 0 Å². The number of nitrogens with zero attached hydrogens (tertiary/aromatic N) is 1. The van der Waals surface area contributed by atoms with Crippen molar-refractivity contribution >= 4 is 12.0 Å². The lowest BCUT2D eigenvalue weighted by Crippen LogP contribution is -1.99. The van der Waals surface area contributed by atoms with Gasteiger partial charge in [-0.1, -0.05) is 24.3 Å². The molecule has 132 valence electrons.